The van der Waals surface area contributed by atoms with Crippen molar-refractivity contribution < 1.29 is 15.0 Å². The molecule has 6 heteroatoms. The molecule has 0 aliphatic rings. The SMILES string of the molecule is O=C(O)[C@H](CO)Nc1ccc(Cl)c(Cl)c1. The summed E-state index contributed by atoms with van der Waals surface area (Å²) in [5, 5.41) is 20.8. The largest absolute Gasteiger partial charge is 0.480 e. The molecule has 0 spiro atoms. The van der Waals surface area contributed by atoms with E-state index in [1.54, 1.807) is 12.1 Å². The highest BCUT2D eigenvalue weighted by Crippen LogP contribution is 2.25. The summed E-state index contributed by atoms with van der Waals surface area (Å²) in [6, 6.07) is 3.57. The van der Waals surface area contributed by atoms with Crippen molar-refractivity contribution in [2.45, 2.75) is 6.04 Å². The number of hydrogen-bond acceptors (Lipinski definition) is 3. The number of carboxylic acids is 1. The molecule has 0 fully saturated rings. The van der Waals surface area contributed by atoms with Gasteiger partial charge in [-0.1, -0.05) is 23.2 Å². The number of aliphatic hydroxyl groups is 1. The maximum atomic E-state index is 10.6. The van der Waals surface area contributed by atoms with Gasteiger partial charge in [0.1, 0.15) is 6.04 Å². The van der Waals surface area contributed by atoms with Crippen molar-refractivity contribution in [3.63, 3.8) is 0 Å². The molecular formula is C9H9Cl2NO3. The molecule has 0 unspecified atom stereocenters. The van der Waals surface area contributed by atoms with E-state index >= 15 is 0 Å². The van der Waals surface area contributed by atoms with E-state index in [1.807, 2.05) is 0 Å². The van der Waals surface area contributed by atoms with Gasteiger partial charge in [-0.25, -0.2) is 4.79 Å². The highest BCUT2D eigenvalue weighted by atomic mass is 35.5. The molecule has 0 saturated heterocycles. The first-order valence-electron chi connectivity index (χ1n) is 4.10. The van der Waals surface area contributed by atoms with Gasteiger partial charge in [-0.2, -0.15) is 0 Å². The summed E-state index contributed by atoms with van der Waals surface area (Å²) in [6.07, 6.45) is 0. The lowest BCUT2D eigenvalue weighted by atomic mass is 10.2. The summed E-state index contributed by atoms with van der Waals surface area (Å²) in [4.78, 5) is 10.6. The van der Waals surface area contributed by atoms with E-state index in [0.717, 1.165) is 0 Å². The van der Waals surface area contributed by atoms with Gasteiger partial charge in [0.05, 0.1) is 16.7 Å². The van der Waals surface area contributed by atoms with Gasteiger partial charge in [-0.15, -0.1) is 0 Å². The molecule has 0 aliphatic carbocycles. The Morgan fingerprint density at radius 1 is 1.40 bits per heavy atom. The van der Waals surface area contributed by atoms with Crippen molar-refractivity contribution in [2.75, 3.05) is 11.9 Å². The van der Waals surface area contributed by atoms with E-state index in [-0.39, 0.29) is 0 Å². The van der Waals surface area contributed by atoms with Crippen molar-refractivity contribution in [2.24, 2.45) is 0 Å². The number of benzene rings is 1. The maximum Gasteiger partial charge on any atom is 0.328 e. The van der Waals surface area contributed by atoms with Crippen LogP contribution in [0.25, 0.3) is 0 Å². The summed E-state index contributed by atoms with van der Waals surface area (Å²) in [7, 11) is 0. The summed E-state index contributed by atoms with van der Waals surface area (Å²) in [6.45, 7) is -0.504. The van der Waals surface area contributed by atoms with Crippen molar-refractivity contribution in [3.05, 3.63) is 28.2 Å². The van der Waals surface area contributed by atoms with Crippen molar-refractivity contribution in [3.8, 4) is 0 Å². The second kappa shape index (κ2) is 5.21. The van der Waals surface area contributed by atoms with E-state index in [9.17, 15) is 4.79 Å². The average molecular weight is 250 g/mol. The summed E-state index contributed by atoms with van der Waals surface area (Å²) >= 11 is 11.4. The first kappa shape index (κ1) is 12.1. The lowest BCUT2D eigenvalue weighted by Crippen LogP contribution is -2.32. The van der Waals surface area contributed by atoms with E-state index < -0.39 is 18.6 Å². The Kier molecular flexibility index (Phi) is 4.20. The molecule has 15 heavy (non-hydrogen) atoms. The maximum absolute atomic E-state index is 10.6. The Hall–Kier alpha value is -0.970. The molecule has 1 aromatic carbocycles. The number of nitrogens with one attached hydrogen (secondary N) is 1. The third-order valence-corrected chi connectivity index (χ3v) is 2.48. The van der Waals surface area contributed by atoms with Crippen LogP contribution in [0.4, 0.5) is 5.69 Å². The molecule has 0 aliphatic heterocycles. The minimum atomic E-state index is -1.14. The average Bonchev–Trinajstić information content (AvgIpc) is 2.19. The second-order valence-corrected chi connectivity index (χ2v) is 3.66. The van der Waals surface area contributed by atoms with Gasteiger partial charge in [-0.05, 0) is 18.2 Å². The topological polar surface area (TPSA) is 69.6 Å². The third kappa shape index (κ3) is 3.27. The zero-order chi connectivity index (χ0) is 11.4. The molecule has 82 valence electrons. The summed E-state index contributed by atoms with van der Waals surface area (Å²) < 4.78 is 0. The molecule has 1 aromatic rings. The molecule has 0 radical (unpaired) electrons. The minimum absolute atomic E-state index is 0.323. The number of aliphatic hydroxyl groups excluding tert-OH is 1. The highest BCUT2D eigenvalue weighted by molar-refractivity contribution is 6.42. The molecule has 0 saturated carbocycles. The smallest absolute Gasteiger partial charge is 0.328 e. The summed E-state index contributed by atoms with van der Waals surface area (Å²) in [5.41, 5.74) is 0.492. The Morgan fingerprint density at radius 2 is 2.07 bits per heavy atom. The van der Waals surface area contributed by atoms with Crippen LogP contribution in [0.3, 0.4) is 0 Å². The fraction of sp³-hybridized carbons (Fsp3) is 0.222. The lowest BCUT2D eigenvalue weighted by Gasteiger charge is -2.13. The molecular weight excluding hydrogens is 241 g/mol. The van der Waals surface area contributed by atoms with Crippen LogP contribution in [-0.4, -0.2) is 28.8 Å². The van der Waals surface area contributed by atoms with E-state index in [2.05, 4.69) is 5.32 Å². The lowest BCUT2D eigenvalue weighted by molar-refractivity contribution is -0.138. The molecule has 0 heterocycles. The fourth-order valence-corrected chi connectivity index (χ4v) is 1.27. The van der Waals surface area contributed by atoms with E-state index in [0.29, 0.717) is 15.7 Å². The minimum Gasteiger partial charge on any atom is -0.480 e. The van der Waals surface area contributed by atoms with Crippen LogP contribution in [0, 0.1) is 0 Å². The summed E-state index contributed by atoms with van der Waals surface area (Å²) in [5.74, 6) is -1.14. The Balaban J connectivity index is 2.80. The van der Waals surface area contributed by atoms with Crippen LogP contribution in [0.1, 0.15) is 0 Å². The molecule has 0 aromatic heterocycles. The van der Waals surface area contributed by atoms with Gasteiger partial charge in [0.25, 0.3) is 0 Å². The second-order valence-electron chi connectivity index (χ2n) is 2.85. The number of halogens is 2. The number of aliphatic carboxylic acids is 1. The van der Waals surface area contributed by atoms with Gasteiger partial charge < -0.3 is 15.5 Å². The number of rotatable bonds is 4. The van der Waals surface area contributed by atoms with Gasteiger partial charge in [0.15, 0.2) is 0 Å². The number of anilines is 1. The fourth-order valence-electron chi connectivity index (χ4n) is 0.973. The molecule has 1 atom stereocenters. The Morgan fingerprint density at radius 3 is 2.53 bits per heavy atom. The highest BCUT2D eigenvalue weighted by Gasteiger charge is 2.15. The van der Waals surface area contributed by atoms with Gasteiger partial charge in [-0.3, -0.25) is 0 Å². The van der Waals surface area contributed by atoms with Crippen molar-refractivity contribution in [1.82, 2.24) is 0 Å². The predicted molar refractivity (Wildman–Crippen MR) is 58.6 cm³/mol. The zero-order valence-corrected chi connectivity index (χ0v) is 9.09. The third-order valence-electron chi connectivity index (χ3n) is 1.74. The van der Waals surface area contributed by atoms with Gasteiger partial charge >= 0.3 is 5.97 Å². The van der Waals surface area contributed by atoms with Crippen LogP contribution in [0.15, 0.2) is 18.2 Å². The van der Waals surface area contributed by atoms with E-state index in [4.69, 9.17) is 33.4 Å². The van der Waals surface area contributed by atoms with Crippen LogP contribution >= 0.6 is 23.2 Å². The Bertz CT molecular complexity index is 370. The molecule has 3 N–H and O–H groups in total. The normalized spacial score (nSPS) is 12.2. The predicted octanol–water partition coefficient (Wildman–Crippen LogP) is 1.85. The van der Waals surface area contributed by atoms with Crippen molar-refractivity contribution >= 4 is 34.9 Å². The first-order valence-corrected chi connectivity index (χ1v) is 4.85. The quantitative estimate of drug-likeness (QED) is 0.762. The van der Waals surface area contributed by atoms with Crippen LogP contribution in [0.5, 0.6) is 0 Å². The monoisotopic (exact) mass is 249 g/mol. The van der Waals surface area contributed by atoms with Crippen LogP contribution < -0.4 is 5.32 Å². The Labute approximate surface area is 96.4 Å². The molecule has 0 amide bonds. The van der Waals surface area contributed by atoms with Crippen LogP contribution in [0.2, 0.25) is 10.0 Å². The number of carboxylic acid groups (broad SMARTS) is 1. The number of carbonyl (C=O) groups is 1. The van der Waals surface area contributed by atoms with Gasteiger partial charge in [0, 0.05) is 5.69 Å². The van der Waals surface area contributed by atoms with E-state index in [1.165, 1.54) is 6.07 Å². The zero-order valence-electron chi connectivity index (χ0n) is 7.58. The first-order chi connectivity index (χ1) is 7.04. The molecule has 4 nitrogen and oxygen atoms in total. The number of hydrogen-bond donors (Lipinski definition) is 3. The standard InChI is InChI=1S/C9H9Cl2NO3/c10-6-2-1-5(3-7(6)11)12-8(4-13)9(14)15/h1-3,8,12-13H,4H2,(H,14,15)/t8-/m0/s1. The van der Waals surface area contributed by atoms with Crippen LogP contribution in [-0.2, 0) is 4.79 Å². The molecule has 0 bridgehead atoms. The van der Waals surface area contributed by atoms with Crippen molar-refractivity contribution in [1.29, 1.82) is 0 Å². The molecule has 1 rings (SSSR count). The van der Waals surface area contributed by atoms with Gasteiger partial charge in [0.2, 0.25) is 0 Å².